The van der Waals surface area contributed by atoms with Crippen LogP contribution in [0.2, 0.25) is 0 Å². The van der Waals surface area contributed by atoms with E-state index in [4.69, 9.17) is 0 Å². The van der Waals surface area contributed by atoms with E-state index in [2.05, 4.69) is 25.8 Å². The number of nitrogens with one attached hydrogen (secondary N) is 2. The molecule has 3 heterocycles. The number of benzene rings is 1. The summed E-state index contributed by atoms with van der Waals surface area (Å²) in [6.45, 7) is 2.18. The molecule has 0 radical (unpaired) electrons. The molecule has 3 amide bonds. The summed E-state index contributed by atoms with van der Waals surface area (Å²) in [7, 11) is 0. The molecule has 9 nitrogen and oxygen atoms in total. The van der Waals surface area contributed by atoms with Crippen LogP contribution in [0.3, 0.4) is 0 Å². The van der Waals surface area contributed by atoms with E-state index >= 15 is 0 Å². The van der Waals surface area contributed by atoms with Crippen molar-refractivity contribution in [1.29, 1.82) is 0 Å². The first-order valence-corrected chi connectivity index (χ1v) is 12.0. The van der Waals surface area contributed by atoms with Gasteiger partial charge < -0.3 is 15.5 Å². The van der Waals surface area contributed by atoms with Crippen LogP contribution in [-0.4, -0.2) is 45.2 Å². The van der Waals surface area contributed by atoms with Gasteiger partial charge in [-0.1, -0.05) is 41.3 Å². The van der Waals surface area contributed by atoms with Crippen molar-refractivity contribution in [2.45, 2.75) is 17.7 Å². The largest absolute Gasteiger partial charge is 0.312 e. The monoisotopic (exact) mass is 474 g/mol. The molecule has 3 aromatic rings. The van der Waals surface area contributed by atoms with Crippen LogP contribution < -0.4 is 15.5 Å². The molecule has 4 rings (SSSR count). The number of thioether (sulfide) groups is 1. The average molecular weight is 475 g/mol. The molecule has 1 aromatic carbocycles. The lowest BCUT2D eigenvalue weighted by atomic mass is 10.1. The molecule has 1 saturated heterocycles. The molecule has 1 aliphatic heterocycles. The Morgan fingerprint density at radius 3 is 2.74 bits per heavy atom. The minimum Gasteiger partial charge on any atom is -0.312 e. The minimum atomic E-state index is -0.458. The Balaban J connectivity index is 1.27. The van der Waals surface area contributed by atoms with Gasteiger partial charge >= 0.3 is 0 Å². The molecular formula is C19H18N6O3S3. The van der Waals surface area contributed by atoms with Gasteiger partial charge in [-0.25, -0.2) is 4.98 Å². The summed E-state index contributed by atoms with van der Waals surface area (Å²) in [4.78, 5) is 42.7. The fourth-order valence-corrected chi connectivity index (χ4v) is 5.22. The number of aromatic nitrogens is 3. The summed E-state index contributed by atoms with van der Waals surface area (Å²) in [6, 6.07) is 9.28. The van der Waals surface area contributed by atoms with Crippen molar-refractivity contribution in [3.63, 3.8) is 0 Å². The first kappa shape index (κ1) is 21.4. The molecule has 2 N–H and O–H groups in total. The highest BCUT2D eigenvalue weighted by Gasteiger charge is 2.35. The maximum Gasteiger partial charge on any atom is 0.236 e. The van der Waals surface area contributed by atoms with Crippen LogP contribution in [-0.2, 0) is 14.4 Å². The van der Waals surface area contributed by atoms with Crippen molar-refractivity contribution in [3.05, 3.63) is 41.4 Å². The van der Waals surface area contributed by atoms with Crippen LogP contribution in [0.1, 0.15) is 12.1 Å². The lowest BCUT2D eigenvalue weighted by molar-refractivity contribution is -0.122. The molecular weight excluding hydrogens is 456 g/mol. The number of thiazole rings is 1. The fraction of sp³-hybridized carbons (Fsp3) is 0.263. The van der Waals surface area contributed by atoms with Gasteiger partial charge in [0.1, 0.15) is 0 Å². The highest BCUT2D eigenvalue weighted by atomic mass is 32.2. The molecule has 2 aromatic heterocycles. The quantitative estimate of drug-likeness (QED) is 0.399. The summed E-state index contributed by atoms with van der Waals surface area (Å²) >= 11 is 3.79. The van der Waals surface area contributed by atoms with E-state index in [1.807, 2.05) is 42.6 Å². The second-order valence-electron chi connectivity index (χ2n) is 6.73. The van der Waals surface area contributed by atoms with Crippen molar-refractivity contribution in [3.8, 4) is 0 Å². The molecule has 1 fully saturated rings. The van der Waals surface area contributed by atoms with E-state index in [9.17, 15) is 14.4 Å². The Hall–Kier alpha value is -2.83. The summed E-state index contributed by atoms with van der Waals surface area (Å²) < 4.78 is 0.564. The summed E-state index contributed by atoms with van der Waals surface area (Å²) in [5.41, 5.74) is 1.64. The lowest BCUT2D eigenvalue weighted by Crippen LogP contribution is -2.28. The zero-order valence-electron chi connectivity index (χ0n) is 16.4. The highest BCUT2D eigenvalue weighted by Crippen LogP contribution is 2.28. The molecule has 1 aliphatic rings. The predicted octanol–water partition coefficient (Wildman–Crippen LogP) is 3.03. The summed E-state index contributed by atoms with van der Waals surface area (Å²) in [5, 5.41) is 16.2. The number of para-hydroxylation sites is 1. The maximum atomic E-state index is 12.6. The number of rotatable bonds is 7. The van der Waals surface area contributed by atoms with E-state index < -0.39 is 5.92 Å². The lowest BCUT2D eigenvalue weighted by Gasteiger charge is -2.16. The molecule has 0 bridgehead atoms. The molecule has 31 heavy (non-hydrogen) atoms. The van der Waals surface area contributed by atoms with Gasteiger partial charge in [-0.05, 0) is 19.1 Å². The van der Waals surface area contributed by atoms with Gasteiger partial charge in [0.05, 0.1) is 17.4 Å². The third kappa shape index (κ3) is 5.46. The zero-order valence-corrected chi connectivity index (χ0v) is 18.9. The van der Waals surface area contributed by atoms with E-state index in [0.29, 0.717) is 21.1 Å². The highest BCUT2D eigenvalue weighted by molar-refractivity contribution is 8.01. The molecule has 160 valence electrons. The molecule has 0 aliphatic carbocycles. The minimum absolute atomic E-state index is 0.0821. The number of hydrogen-bond acceptors (Lipinski definition) is 9. The number of carbonyl (C=O) groups is 3. The fourth-order valence-electron chi connectivity index (χ4n) is 2.96. The molecule has 1 atom stereocenters. The SMILES string of the molecule is Cc1csc(NC(=O)CSc2nnc(NC(=O)[C@@H]3CC(=O)N(c4ccccc4)C3)s2)n1. The van der Waals surface area contributed by atoms with Crippen molar-refractivity contribution in [2.24, 2.45) is 5.92 Å². The van der Waals surface area contributed by atoms with Crippen LogP contribution >= 0.6 is 34.4 Å². The van der Waals surface area contributed by atoms with Crippen molar-refractivity contribution in [1.82, 2.24) is 15.2 Å². The number of carbonyl (C=O) groups excluding carboxylic acids is 3. The molecule has 0 saturated carbocycles. The second kappa shape index (κ2) is 9.54. The zero-order chi connectivity index (χ0) is 21.8. The third-order valence-corrected chi connectivity index (χ3v) is 7.24. The van der Waals surface area contributed by atoms with Crippen LogP contribution in [0.5, 0.6) is 0 Å². The van der Waals surface area contributed by atoms with Gasteiger partial charge in [-0.15, -0.1) is 21.5 Å². The summed E-state index contributed by atoms with van der Waals surface area (Å²) in [5.74, 6) is -0.840. The van der Waals surface area contributed by atoms with Crippen LogP contribution in [0.15, 0.2) is 40.1 Å². The molecule has 12 heteroatoms. The number of amides is 3. The first-order valence-electron chi connectivity index (χ1n) is 9.32. The Kier molecular flexibility index (Phi) is 6.59. The second-order valence-corrected chi connectivity index (χ2v) is 9.79. The van der Waals surface area contributed by atoms with E-state index in [1.54, 1.807) is 4.90 Å². The first-order chi connectivity index (χ1) is 15.0. The molecule has 0 spiro atoms. The Bertz CT molecular complexity index is 1100. The number of anilines is 3. The van der Waals surface area contributed by atoms with Gasteiger partial charge in [0.2, 0.25) is 22.9 Å². The van der Waals surface area contributed by atoms with Crippen LogP contribution in [0, 0.1) is 12.8 Å². The van der Waals surface area contributed by atoms with Gasteiger partial charge in [0.15, 0.2) is 9.47 Å². The van der Waals surface area contributed by atoms with E-state index in [1.165, 1.54) is 34.4 Å². The van der Waals surface area contributed by atoms with Gasteiger partial charge in [-0.2, -0.15) is 0 Å². The third-order valence-electron chi connectivity index (χ3n) is 4.39. The number of aryl methyl sites for hydroxylation is 1. The predicted molar refractivity (Wildman–Crippen MR) is 122 cm³/mol. The van der Waals surface area contributed by atoms with Gasteiger partial charge in [-0.3, -0.25) is 14.4 Å². The average Bonchev–Trinajstić information content (AvgIpc) is 3.47. The van der Waals surface area contributed by atoms with Crippen molar-refractivity contribution in [2.75, 3.05) is 27.8 Å². The topological polar surface area (TPSA) is 117 Å². The normalized spacial score (nSPS) is 15.8. The van der Waals surface area contributed by atoms with Crippen LogP contribution in [0.4, 0.5) is 16.0 Å². The number of nitrogens with zero attached hydrogens (tertiary/aromatic N) is 4. The van der Waals surface area contributed by atoms with E-state index in [0.717, 1.165) is 11.4 Å². The van der Waals surface area contributed by atoms with Crippen molar-refractivity contribution >= 4 is 68.1 Å². The smallest absolute Gasteiger partial charge is 0.236 e. The van der Waals surface area contributed by atoms with E-state index in [-0.39, 0.29) is 29.9 Å². The van der Waals surface area contributed by atoms with Crippen LogP contribution in [0.25, 0.3) is 0 Å². The Morgan fingerprint density at radius 2 is 2.00 bits per heavy atom. The Morgan fingerprint density at radius 1 is 1.19 bits per heavy atom. The summed E-state index contributed by atoms with van der Waals surface area (Å²) in [6.07, 6.45) is 0.150. The van der Waals surface area contributed by atoms with Gasteiger partial charge in [0, 0.05) is 24.0 Å². The number of hydrogen-bond donors (Lipinski definition) is 2. The standard InChI is InChI=1S/C19H18N6O3S3/c1-11-9-29-17(20-11)21-14(26)10-30-19-24-23-18(31-19)22-16(28)12-7-15(27)25(8-12)13-5-3-2-4-6-13/h2-6,9,12H,7-8,10H2,1H3,(H,20,21,26)(H,22,23,28)/t12-/m1/s1. The van der Waals surface area contributed by atoms with Gasteiger partial charge in [0.25, 0.3) is 0 Å². The van der Waals surface area contributed by atoms with Crippen molar-refractivity contribution < 1.29 is 14.4 Å². The molecule has 0 unspecified atom stereocenters. The Labute approximate surface area is 190 Å². The maximum absolute atomic E-state index is 12.6.